The highest BCUT2D eigenvalue weighted by Gasteiger charge is 2.30. The van der Waals surface area contributed by atoms with Crippen molar-refractivity contribution in [3.05, 3.63) is 0 Å². The van der Waals surface area contributed by atoms with Crippen molar-refractivity contribution in [3.63, 3.8) is 0 Å². The van der Waals surface area contributed by atoms with Gasteiger partial charge in [0.25, 0.3) is 0 Å². The van der Waals surface area contributed by atoms with E-state index in [-0.39, 0.29) is 0 Å². The van der Waals surface area contributed by atoms with Gasteiger partial charge in [0.05, 0.1) is 25.7 Å². The molecule has 1 heteroatoms. The average Bonchev–Trinajstić information content (AvgIpc) is 2.34. The number of hydrogen-bond donors (Lipinski definition) is 0. The molecule has 0 aromatic rings. The molecule has 0 saturated carbocycles. The zero-order chi connectivity index (χ0) is 12.4. The van der Waals surface area contributed by atoms with Crippen molar-refractivity contribution in [2.24, 2.45) is 0 Å². The Morgan fingerprint density at radius 2 is 1.06 bits per heavy atom. The van der Waals surface area contributed by atoms with Gasteiger partial charge in [-0.1, -0.05) is 26.7 Å². The monoisotopic (exact) mass is 228 g/mol. The molecule has 0 aromatic heterocycles. The highest BCUT2D eigenvalue weighted by atomic mass is 15.4. The van der Waals surface area contributed by atoms with Crippen LogP contribution in [0.15, 0.2) is 0 Å². The molecule has 0 radical (unpaired) electrons. The van der Waals surface area contributed by atoms with Crippen LogP contribution >= 0.6 is 0 Å². The summed E-state index contributed by atoms with van der Waals surface area (Å²) < 4.78 is 1.35. The van der Waals surface area contributed by atoms with E-state index in [1.165, 1.54) is 62.6 Å². The highest BCUT2D eigenvalue weighted by molar-refractivity contribution is 4.61. The first kappa shape index (κ1) is 16.0. The van der Waals surface area contributed by atoms with Gasteiger partial charge in [0, 0.05) is 0 Å². The van der Waals surface area contributed by atoms with E-state index in [9.17, 15) is 0 Å². The summed E-state index contributed by atoms with van der Waals surface area (Å²) in [7, 11) is 0. The lowest BCUT2D eigenvalue weighted by molar-refractivity contribution is -0.947. The molecule has 0 atom stereocenters. The lowest BCUT2D eigenvalue weighted by Gasteiger charge is -2.43. The summed E-state index contributed by atoms with van der Waals surface area (Å²) in [5, 5.41) is 0. The zero-order valence-corrected chi connectivity index (χ0v) is 12.4. The van der Waals surface area contributed by atoms with Crippen LogP contribution in [0.4, 0.5) is 0 Å². The van der Waals surface area contributed by atoms with Crippen LogP contribution in [0, 0.1) is 0 Å². The molecule has 0 aliphatic heterocycles. The summed E-state index contributed by atoms with van der Waals surface area (Å²) in [5.41, 5.74) is 0. The maximum atomic E-state index is 2.37. The summed E-state index contributed by atoms with van der Waals surface area (Å²) in [6.07, 6.45) is 8.39. The van der Waals surface area contributed by atoms with Crippen molar-refractivity contribution < 1.29 is 4.48 Å². The van der Waals surface area contributed by atoms with Gasteiger partial charge < -0.3 is 4.48 Å². The van der Waals surface area contributed by atoms with Gasteiger partial charge in [-0.3, -0.25) is 0 Å². The third-order valence-electron chi connectivity index (χ3n) is 4.45. The predicted molar refractivity (Wildman–Crippen MR) is 74.7 cm³/mol. The number of nitrogens with zero attached hydrogens (tertiary/aromatic N) is 1. The van der Waals surface area contributed by atoms with Gasteiger partial charge in [0.2, 0.25) is 0 Å². The molecule has 0 rings (SSSR count). The zero-order valence-electron chi connectivity index (χ0n) is 12.4. The summed E-state index contributed by atoms with van der Waals surface area (Å²) in [6, 6.07) is 0.917. The van der Waals surface area contributed by atoms with E-state index in [1.54, 1.807) is 0 Å². The summed E-state index contributed by atoms with van der Waals surface area (Å²) in [4.78, 5) is 0. The summed E-state index contributed by atoms with van der Waals surface area (Å²) in [5.74, 6) is 0. The fraction of sp³-hybridized carbons (Fsp3) is 1.00. The Bertz CT molecular complexity index is 133. The van der Waals surface area contributed by atoms with Gasteiger partial charge in [-0.05, 0) is 46.5 Å². The van der Waals surface area contributed by atoms with Gasteiger partial charge in [-0.2, -0.15) is 0 Å². The Kier molecular flexibility index (Phi) is 9.02. The van der Waals surface area contributed by atoms with Crippen LogP contribution in [-0.2, 0) is 0 Å². The largest absolute Gasteiger partial charge is 0.322 e. The molecule has 98 valence electrons. The van der Waals surface area contributed by atoms with Gasteiger partial charge >= 0.3 is 0 Å². The molecule has 1 nitrogen and oxygen atoms in total. The maximum absolute atomic E-state index is 2.37. The van der Waals surface area contributed by atoms with E-state index < -0.39 is 0 Å². The number of rotatable bonds is 10. The average molecular weight is 228 g/mol. The van der Waals surface area contributed by atoms with E-state index in [2.05, 4.69) is 34.6 Å². The van der Waals surface area contributed by atoms with Gasteiger partial charge in [-0.15, -0.1) is 0 Å². The molecule has 0 unspecified atom stereocenters. The van der Waals surface area contributed by atoms with Gasteiger partial charge in [-0.25, -0.2) is 0 Å². The molecule has 0 aliphatic carbocycles. The van der Waals surface area contributed by atoms with Crippen LogP contribution in [0.2, 0.25) is 0 Å². The lowest BCUT2D eigenvalue weighted by Crippen LogP contribution is -2.55. The number of hydrogen-bond acceptors (Lipinski definition) is 0. The fourth-order valence-corrected chi connectivity index (χ4v) is 3.02. The fourth-order valence-electron chi connectivity index (χ4n) is 3.02. The SMILES string of the molecule is CCCCC(CCCC)[N+](CC)(CC)CC. The normalized spacial score (nSPS) is 12.4. The third kappa shape index (κ3) is 4.45. The molecule has 0 amide bonds. The molecule has 0 fully saturated rings. The van der Waals surface area contributed by atoms with E-state index in [0.717, 1.165) is 6.04 Å². The van der Waals surface area contributed by atoms with Crippen LogP contribution in [0.25, 0.3) is 0 Å². The first-order chi connectivity index (χ1) is 7.70. The minimum absolute atomic E-state index is 0.917. The van der Waals surface area contributed by atoms with E-state index >= 15 is 0 Å². The standard InChI is InChI=1S/C15H34N/c1-6-11-13-15(14-12-7-2)16(8-3,9-4)10-5/h15H,6-14H2,1-5H3/q+1. The Morgan fingerprint density at radius 1 is 0.688 bits per heavy atom. The Balaban J connectivity index is 4.52. The molecule has 0 aromatic carbocycles. The van der Waals surface area contributed by atoms with E-state index in [4.69, 9.17) is 0 Å². The van der Waals surface area contributed by atoms with Crippen LogP contribution in [0.1, 0.15) is 73.1 Å². The molecule has 0 bridgehead atoms. The summed E-state index contributed by atoms with van der Waals surface area (Å²) >= 11 is 0. The topological polar surface area (TPSA) is 0 Å². The second-order valence-electron chi connectivity index (χ2n) is 5.11. The minimum Gasteiger partial charge on any atom is -0.322 e. The maximum Gasteiger partial charge on any atom is 0.0890 e. The first-order valence-corrected chi connectivity index (χ1v) is 7.56. The van der Waals surface area contributed by atoms with E-state index in [1.807, 2.05) is 0 Å². The van der Waals surface area contributed by atoms with Crippen LogP contribution in [0.3, 0.4) is 0 Å². The van der Waals surface area contributed by atoms with Crippen molar-refractivity contribution >= 4 is 0 Å². The van der Waals surface area contributed by atoms with Crippen molar-refractivity contribution in [1.82, 2.24) is 0 Å². The first-order valence-electron chi connectivity index (χ1n) is 7.56. The molecular formula is C15H34N+. The van der Waals surface area contributed by atoms with Gasteiger partial charge in [0.15, 0.2) is 0 Å². The second-order valence-corrected chi connectivity index (χ2v) is 5.11. The third-order valence-corrected chi connectivity index (χ3v) is 4.45. The number of unbranched alkanes of at least 4 members (excludes halogenated alkanes) is 2. The minimum atomic E-state index is 0.917. The smallest absolute Gasteiger partial charge is 0.0890 e. The van der Waals surface area contributed by atoms with Crippen molar-refractivity contribution in [2.75, 3.05) is 19.6 Å². The molecular weight excluding hydrogens is 194 g/mol. The van der Waals surface area contributed by atoms with Crippen molar-refractivity contribution in [2.45, 2.75) is 79.2 Å². The molecule has 16 heavy (non-hydrogen) atoms. The van der Waals surface area contributed by atoms with Crippen LogP contribution < -0.4 is 0 Å². The Hall–Kier alpha value is -0.0400. The highest BCUT2D eigenvalue weighted by Crippen LogP contribution is 2.23. The van der Waals surface area contributed by atoms with Crippen molar-refractivity contribution in [3.8, 4) is 0 Å². The predicted octanol–water partition coefficient (Wildman–Crippen LogP) is 4.61. The molecule has 0 N–H and O–H groups in total. The van der Waals surface area contributed by atoms with E-state index in [0.29, 0.717) is 0 Å². The number of quaternary nitrogens is 1. The lowest BCUT2D eigenvalue weighted by atomic mass is 9.99. The molecule has 0 spiro atoms. The van der Waals surface area contributed by atoms with Crippen molar-refractivity contribution in [1.29, 1.82) is 0 Å². The second kappa shape index (κ2) is 9.04. The molecule has 0 aliphatic rings. The van der Waals surface area contributed by atoms with Gasteiger partial charge in [0.1, 0.15) is 0 Å². The van der Waals surface area contributed by atoms with Crippen LogP contribution in [-0.4, -0.2) is 30.2 Å². The molecule has 0 heterocycles. The quantitative estimate of drug-likeness (QED) is 0.479. The Morgan fingerprint density at radius 3 is 1.31 bits per heavy atom. The Labute approximate surface area is 104 Å². The summed E-state index contributed by atoms with van der Waals surface area (Å²) in [6.45, 7) is 15.7. The molecule has 0 saturated heterocycles. The van der Waals surface area contributed by atoms with Crippen LogP contribution in [0.5, 0.6) is 0 Å².